The summed E-state index contributed by atoms with van der Waals surface area (Å²) in [4.78, 5) is 54.0. The van der Waals surface area contributed by atoms with Crippen LogP contribution in [0, 0.1) is 13.8 Å². The van der Waals surface area contributed by atoms with Crippen LogP contribution < -0.4 is 15.1 Å². The van der Waals surface area contributed by atoms with E-state index in [9.17, 15) is 19.2 Å². The Hall–Kier alpha value is -4.17. The highest BCUT2D eigenvalue weighted by Crippen LogP contribution is 2.28. The Morgan fingerprint density at radius 3 is 2.33 bits per heavy atom. The fourth-order valence-electron chi connectivity index (χ4n) is 3.90. The third-order valence-corrected chi connectivity index (χ3v) is 6.28. The van der Waals surface area contributed by atoms with Gasteiger partial charge in [0.2, 0.25) is 5.91 Å². The maximum absolute atomic E-state index is 13.5. The summed E-state index contributed by atoms with van der Waals surface area (Å²) in [6.07, 6.45) is -0.291. The first-order valence-electron chi connectivity index (χ1n) is 11.2. The molecule has 0 aromatic heterocycles. The highest BCUT2D eigenvalue weighted by molar-refractivity contribution is 6.31. The summed E-state index contributed by atoms with van der Waals surface area (Å²) in [7, 11) is 1.50. The summed E-state index contributed by atoms with van der Waals surface area (Å²) in [5.74, 6) is -1.84. The number of carbonyl (C=O) groups excluding carboxylic acids is 4. The lowest BCUT2D eigenvalue weighted by molar-refractivity contribution is -0.122. The SMILES string of the molecule is COc1ccc(C(=O)NN(C(=O)c2cccc(Cl)c2)C2CC(=O)N(c3ccc(C)c(C)c3)C2=O)cc1. The molecule has 3 aromatic carbocycles. The van der Waals surface area contributed by atoms with Crippen molar-refractivity contribution in [3.05, 3.63) is 94.0 Å². The summed E-state index contributed by atoms with van der Waals surface area (Å²) in [5.41, 5.74) is 5.26. The van der Waals surface area contributed by atoms with E-state index >= 15 is 0 Å². The largest absolute Gasteiger partial charge is 0.497 e. The van der Waals surface area contributed by atoms with Crippen LogP contribution in [0.25, 0.3) is 0 Å². The first-order valence-corrected chi connectivity index (χ1v) is 11.6. The molecular formula is C27H24ClN3O5. The molecule has 1 aliphatic rings. The molecule has 1 fully saturated rings. The van der Waals surface area contributed by atoms with Gasteiger partial charge in [0.15, 0.2) is 0 Å². The number of ether oxygens (including phenoxy) is 1. The van der Waals surface area contributed by atoms with Crippen molar-refractivity contribution in [3.8, 4) is 5.75 Å². The zero-order valence-electron chi connectivity index (χ0n) is 19.9. The first-order chi connectivity index (χ1) is 17.2. The van der Waals surface area contributed by atoms with Gasteiger partial charge in [0.25, 0.3) is 17.7 Å². The molecule has 1 saturated heterocycles. The van der Waals surface area contributed by atoms with Crippen molar-refractivity contribution in [1.82, 2.24) is 10.4 Å². The number of benzene rings is 3. The molecule has 184 valence electrons. The Kier molecular flexibility index (Phi) is 7.07. The number of imide groups is 1. The monoisotopic (exact) mass is 505 g/mol. The van der Waals surface area contributed by atoms with E-state index in [1.54, 1.807) is 36.4 Å². The second kappa shape index (κ2) is 10.2. The lowest BCUT2D eigenvalue weighted by Crippen LogP contribution is -2.54. The van der Waals surface area contributed by atoms with Gasteiger partial charge in [-0.3, -0.25) is 24.6 Å². The van der Waals surface area contributed by atoms with Crippen molar-refractivity contribution < 1.29 is 23.9 Å². The minimum absolute atomic E-state index is 0.155. The van der Waals surface area contributed by atoms with Crippen LogP contribution in [-0.4, -0.2) is 41.8 Å². The number of rotatable bonds is 5. The Morgan fingerprint density at radius 1 is 0.972 bits per heavy atom. The second-order valence-corrected chi connectivity index (χ2v) is 8.85. The van der Waals surface area contributed by atoms with Crippen LogP contribution in [0.2, 0.25) is 5.02 Å². The zero-order chi connectivity index (χ0) is 26.0. The van der Waals surface area contributed by atoms with Gasteiger partial charge in [-0.2, -0.15) is 0 Å². The number of nitrogens with one attached hydrogen (secondary N) is 1. The molecule has 1 N–H and O–H groups in total. The number of methoxy groups -OCH3 is 1. The zero-order valence-corrected chi connectivity index (χ0v) is 20.7. The molecule has 1 unspecified atom stereocenters. The number of amides is 4. The van der Waals surface area contributed by atoms with E-state index in [1.807, 2.05) is 19.9 Å². The lowest BCUT2D eigenvalue weighted by Gasteiger charge is -2.28. The summed E-state index contributed by atoms with van der Waals surface area (Å²) in [5, 5.41) is 1.23. The molecule has 4 amide bonds. The predicted octanol–water partition coefficient (Wildman–Crippen LogP) is 4.08. The number of nitrogens with zero attached hydrogens (tertiary/aromatic N) is 2. The Morgan fingerprint density at radius 2 is 1.69 bits per heavy atom. The van der Waals surface area contributed by atoms with Gasteiger partial charge in [-0.25, -0.2) is 9.91 Å². The Bertz CT molecular complexity index is 1360. The van der Waals surface area contributed by atoms with Gasteiger partial charge in [0.1, 0.15) is 11.8 Å². The van der Waals surface area contributed by atoms with Gasteiger partial charge in [0.05, 0.1) is 19.2 Å². The van der Waals surface area contributed by atoms with Crippen LogP contribution in [0.15, 0.2) is 66.7 Å². The quantitative estimate of drug-likeness (QED) is 0.416. The molecule has 4 rings (SSSR count). The predicted molar refractivity (Wildman–Crippen MR) is 135 cm³/mol. The number of hydrazine groups is 1. The van der Waals surface area contributed by atoms with Gasteiger partial charge in [0, 0.05) is 16.1 Å². The highest BCUT2D eigenvalue weighted by Gasteiger charge is 2.45. The maximum Gasteiger partial charge on any atom is 0.273 e. The number of carbonyl (C=O) groups is 4. The minimum Gasteiger partial charge on any atom is -0.497 e. The third-order valence-electron chi connectivity index (χ3n) is 6.05. The molecule has 8 nitrogen and oxygen atoms in total. The van der Waals surface area contributed by atoms with Crippen molar-refractivity contribution in [2.75, 3.05) is 12.0 Å². The summed E-state index contributed by atoms with van der Waals surface area (Å²) in [6, 6.07) is 16.4. The van der Waals surface area contributed by atoms with Crippen LogP contribution in [0.3, 0.4) is 0 Å². The number of hydrogen-bond donors (Lipinski definition) is 1. The van der Waals surface area contributed by atoms with Crippen LogP contribution in [0.4, 0.5) is 5.69 Å². The average Bonchev–Trinajstić information content (AvgIpc) is 3.17. The molecule has 9 heteroatoms. The molecular weight excluding hydrogens is 482 g/mol. The van der Waals surface area contributed by atoms with Crippen molar-refractivity contribution in [1.29, 1.82) is 0 Å². The molecule has 0 radical (unpaired) electrons. The molecule has 0 saturated carbocycles. The molecule has 0 bridgehead atoms. The smallest absolute Gasteiger partial charge is 0.273 e. The average molecular weight is 506 g/mol. The normalized spacial score (nSPS) is 15.1. The topological polar surface area (TPSA) is 96.0 Å². The molecule has 3 aromatic rings. The molecule has 1 heterocycles. The third kappa shape index (κ3) is 4.94. The van der Waals surface area contributed by atoms with E-state index in [1.165, 1.54) is 31.4 Å². The standard InChI is InChI=1S/C27H24ClN3O5/c1-16-7-10-21(13-17(16)2)30-24(32)15-23(27(30)35)31(26(34)19-5-4-6-20(28)14-19)29-25(33)18-8-11-22(36-3)12-9-18/h4-14,23H,15H2,1-3H3,(H,29,33). The maximum atomic E-state index is 13.5. The summed E-state index contributed by atoms with van der Waals surface area (Å²) < 4.78 is 5.12. The van der Waals surface area contributed by atoms with Crippen LogP contribution >= 0.6 is 11.6 Å². The van der Waals surface area contributed by atoms with Crippen molar-refractivity contribution in [2.24, 2.45) is 0 Å². The van der Waals surface area contributed by atoms with E-state index in [0.717, 1.165) is 21.0 Å². The Balaban J connectivity index is 1.68. The Labute approximate surface area is 213 Å². The van der Waals surface area contributed by atoms with E-state index in [4.69, 9.17) is 16.3 Å². The first kappa shape index (κ1) is 24.9. The van der Waals surface area contributed by atoms with Gasteiger partial charge in [-0.1, -0.05) is 23.7 Å². The minimum atomic E-state index is -1.24. The molecule has 0 aliphatic carbocycles. The molecule has 1 atom stereocenters. The summed E-state index contributed by atoms with van der Waals surface area (Å²) in [6.45, 7) is 3.81. The van der Waals surface area contributed by atoms with E-state index < -0.39 is 29.7 Å². The van der Waals surface area contributed by atoms with E-state index in [0.29, 0.717) is 16.5 Å². The van der Waals surface area contributed by atoms with Gasteiger partial charge >= 0.3 is 0 Å². The van der Waals surface area contributed by atoms with Crippen molar-refractivity contribution in [2.45, 2.75) is 26.3 Å². The fraction of sp³-hybridized carbons (Fsp3) is 0.185. The van der Waals surface area contributed by atoms with E-state index in [2.05, 4.69) is 5.43 Å². The van der Waals surface area contributed by atoms with Crippen LogP contribution in [0.1, 0.15) is 38.3 Å². The highest BCUT2D eigenvalue weighted by atomic mass is 35.5. The number of halogens is 1. The van der Waals surface area contributed by atoms with Crippen LogP contribution in [-0.2, 0) is 9.59 Å². The lowest BCUT2D eigenvalue weighted by atomic mass is 10.1. The van der Waals surface area contributed by atoms with Gasteiger partial charge < -0.3 is 4.74 Å². The van der Waals surface area contributed by atoms with Crippen molar-refractivity contribution >= 4 is 40.9 Å². The second-order valence-electron chi connectivity index (χ2n) is 8.41. The fourth-order valence-corrected chi connectivity index (χ4v) is 4.09. The van der Waals surface area contributed by atoms with Crippen molar-refractivity contribution in [3.63, 3.8) is 0 Å². The summed E-state index contributed by atoms with van der Waals surface area (Å²) >= 11 is 6.07. The molecule has 1 aliphatic heterocycles. The van der Waals surface area contributed by atoms with E-state index in [-0.39, 0.29) is 17.5 Å². The van der Waals surface area contributed by atoms with Crippen LogP contribution in [0.5, 0.6) is 5.75 Å². The number of anilines is 1. The molecule has 0 spiro atoms. The van der Waals surface area contributed by atoms with Gasteiger partial charge in [-0.15, -0.1) is 0 Å². The number of hydrogen-bond acceptors (Lipinski definition) is 5. The number of aryl methyl sites for hydroxylation is 2. The molecule has 36 heavy (non-hydrogen) atoms. The van der Waals surface area contributed by atoms with Gasteiger partial charge in [-0.05, 0) is 79.6 Å².